The molecule has 21 heavy (non-hydrogen) atoms. The molecule has 3 rings (SSSR count). The lowest BCUT2D eigenvalue weighted by atomic mass is 10.1. The van der Waals surface area contributed by atoms with Gasteiger partial charge < -0.3 is 0 Å². The van der Waals surface area contributed by atoms with Gasteiger partial charge >= 0.3 is 0 Å². The molecule has 3 heterocycles. The molecule has 0 atom stereocenters. The van der Waals surface area contributed by atoms with Crippen molar-refractivity contribution in [1.29, 1.82) is 0 Å². The van der Waals surface area contributed by atoms with Gasteiger partial charge in [0.1, 0.15) is 0 Å². The SMILES string of the molecule is CCn1ncc(-c2ccnc(SC)n2)c1-c1cccnc1. The number of rotatable bonds is 4. The standard InChI is InChI=1S/C15H15N5S/c1-3-20-14(11-5-4-7-16-9-11)12(10-18-20)13-6-8-17-15(19-13)21-2/h4-10H,3H2,1-2H3. The molecule has 0 radical (unpaired) electrons. The molecule has 0 N–H and O–H groups in total. The van der Waals surface area contributed by atoms with Crippen LogP contribution in [0.5, 0.6) is 0 Å². The lowest BCUT2D eigenvalue weighted by molar-refractivity contribution is 0.667. The second-order valence-electron chi connectivity index (χ2n) is 4.39. The number of pyridine rings is 1. The average Bonchev–Trinajstić information content (AvgIpc) is 2.99. The smallest absolute Gasteiger partial charge is 0.187 e. The molecule has 0 spiro atoms. The molecule has 0 aliphatic heterocycles. The fourth-order valence-corrected chi connectivity index (χ4v) is 2.56. The third-order valence-electron chi connectivity index (χ3n) is 3.17. The van der Waals surface area contributed by atoms with Gasteiger partial charge in [-0.1, -0.05) is 11.8 Å². The van der Waals surface area contributed by atoms with Crippen LogP contribution in [-0.2, 0) is 6.54 Å². The zero-order valence-corrected chi connectivity index (χ0v) is 12.7. The maximum Gasteiger partial charge on any atom is 0.187 e. The van der Waals surface area contributed by atoms with Crippen LogP contribution in [0.4, 0.5) is 0 Å². The zero-order valence-electron chi connectivity index (χ0n) is 11.9. The fourth-order valence-electron chi connectivity index (χ4n) is 2.21. The van der Waals surface area contributed by atoms with Crippen molar-refractivity contribution in [3.63, 3.8) is 0 Å². The summed E-state index contributed by atoms with van der Waals surface area (Å²) < 4.78 is 1.97. The van der Waals surface area contributed by atoms with Crippen molar-refractivity contribution >= 4 is 11.8 Å². The van der Waals surface area contributed by atoms with Crippen molar-refractivity contribution in [1.82, 2.24) is 24.7 Å². The first-order chi connectivity index (χ1) is 10.3. The molecule has 0 saturated heterocycles. The van der Waals surface area contributed by atoms with E-state index in [9.17, 15) is 0 Å². The summed E-state index contributed by atoms with van der Waals surface area (Å²) in [7, 11) is 0. The van der Waals surface area contributed by atoms with Crippen LogP contribution in [0.1, 0.15) is 6.92 Å². The molecule has 0 bridgehead atoms. The molecule has 0 saturated carbocycles. The minimum Gasteiger partial charge on any atom is -0.264 e. The Morgan fingerprint density at radius 3 is 2.81 bits per heavy atom. The van der Waals surface area contributed by atoms with Gasteiger partial charge in [0.05, 0.1) is 17.6 Å². The molecule has 0 fully saturated rings. The molecule has 0 aliphatic rings. The zero-order chi connectivity index (χ0) is 14.7. The van der Waals surface area contributed by atoms with E-state index in [0.717, 1.165) is 34.2 Å². The summed E-state index contributed by atoms with van der Waals surface area (Å²) in [5.41, 5.74) is 3.96. The average molecular weight is 297 g/mol. The topological polar surface area (TPSA) is 56.5 Å². The van der Waals surface area contributed by atoms with Crippen molar-refractivity contribution in [2.45, 2.75) is 18.6 Å². The van der Waals surface area contributed by atoms with Gasteiger partial charge in [0, 0.05) is 36.3 Å². The molecule has 106 valence electrons. The van der Waals surface area contributed by atoms with Crippen LogP contribution in [0.2, 0.25) is 0 Å². The van der Waals surface area contributed by atoms with Crippen molar-refractivity contribution in [2.24, 2.45) is 0 Å². The first-order valence-corrected chi connectivity index (χ1v) is 7.89. The Hall–Kier alpha value is -2.21. The van der Waals surface area contributed by atoms with Crippen molar-refractivity contribution in [3.8, 4) is 22.5 Å². The van der Waals surface area contributed by atoms with Gasteiger partial charge in [-0.25, -0.2) is 9.97 Å². The Morgan fingerprint density at radius 1 is 1.19 bits per heavy atom. The van der Waals surface area contributed by atoms with Crippen LogP contribution in [-0.4, -0.2) is 31.0 Å². The summed E-state index contributed by atoms with van der Waals surface area (Å²) in [6.07, 6.45) is 9.23. The van der Waals surface area contributed by atoms with Crippen LogP contribution in [0, 0.1) is 0 Å². The maximum atomic E-state index is 4.57. The molecule has 0 aliphatic carbocycles. The number of thioether (sulfide) groups is 1. The number of nitrogens with zero attached hydrogens (tertiary/aromatic N) is 5. The van der Waals surface area contributed by atoms with E-state index in [1.807, 2.05) is 41.5 Å². The van der Waals surface area contributed by atoms with Gasteiger partial charge in [0.25, 0.3) is 0 Å². The number of aromatic nitrogens is 5. The molecule has 0 amide bonds. The van der Waals surface area contributed by atoms with Gasteiger partial charge in [0.2, 0.25) is 0 Å². The first kappa shape index (κ1) is 13.8. The number of hydrogen-bond acceptors (Lipinski definition) is 5. The van der Waals surface area contributed by atoms with Crippen LogP contribution < -0.4 is 0 Å². The van der Waals surface area contributed by atoms with Gasteiger partial charge in [-0.15, -0.1) is 0 Å². The Morgan fingerprint density at radius 2 is 2.10 bits per heavy atom. The largest absolute Gasteiger partial charge is 0.264 e. The van der Waals surface area contributed by atoms with E-state index in [-0.39, 0.29) is 0 Å². The third-order valence-corrected chi connectivity index (χ3v) is 3.73. The van der Waals surface area contributed by atoms with Crippen LogP contribution in [0.25, 0.3) is 22.5 Å². The molecule has 5 nitrogen and oxygen atoms in total. The molecule has 3 aromatic rings. The minimum atomic E-state index is 0.758. The van der Waals surface area contributed by atoms with E-state index in [4.69, 9.17) is 0 Å². The van der Waals surface area contributed by atoms with E-state index in [1.54, 1.807) is 12.4 Å². The number of hydrogen-bond donors (Lipinski definition) is 0. The third kappa shape index (κ3) is 2.67. The Bertz CT molecular complexity index is 739. The van der Waals surface area contributed by atoms with Gasteiger partial charge in [-0.05, 0) is 31.4 Å². The van der Waals surface area contributed by atoms with Gasteiger partial charge in [-0.3, -0.25) is 9.67 Å². The summed E-state index contributed by atoms with van der Waals surface area (Å²) in [6, 6.07) is 5.88. The highest BCUT2D eigenvalue weighted by Crippen LogP contribution is 2.31. The lowest BCUT2D eigenvalue weighted by Gasteiger charge is -2.08. The second kappa shape index (κ2) is 6.05. The molecular formula is C15H15N5S. The highest BCUT2D eigenvalue weighted by molar-refractivity contribution is 7.98. The van der Waals surface area contributed by atoms with E-state index >= 15 is 0 Å². The first-order valence-electron chi connectivity index (χ1n) is 6.67. The summed E-state index contributed by atoms with van der Waals surface area (Å²) in [5.74, 6) is 0. The summed E-state index contributed by atoms with van der Waals surface area (Å²) in [4.78, 5) is 13.0. The van der Waals surface area contributed by atoms with E-state index in [1.165, 1.54) is 11.8 Å². The van der Waals surface area contributed by atoms with E-state index in [2.05, 4.69) is 27.0 Å². The minimum absolute atomic E-state index is 0.758. The highest BCUT2D eigenvalue weighted by Gasteiger charge is 2.15. The molecule has 0 aromatic carbocycles. The van der Waals surface area contributed by atoms with Crippen molar-refractivity contribution in [3.05, 3.63) is 43.0 Å². The van der Waals surface area contributed by atoms with Crippen LogP contribution >= 0.6 is 11.8 Å². The molecule has 3 aromatic heterocycles. The van der Waals surface area contributed by atoms with Crippen molar-refractivity contribution < 1.29 is 0 Å². The number of aryl methyl sites for hydroxylation is 1. The molecular weight excluding hydrogens is 282 g/mol. The van der Waals surface area contributed by atoms with Crippen molar-refractivity contribution in [2.75, 3.05) is 6.26 Å². The summed E-state index contributed by atoms with van der Waals surface area (Å²) in [5, 5.41) is 5.22. The normalized spacial score (nSPS) is 10.8. The predicted molar refractivity (Wildman–Crippen MR) is 83.9 cm³/mol. The van der Waals surface area contributed by atoms with Gasteiger partial charge in [0.15, 0.2) is 5.16 Å². The highest BCUT2D eigenvalue weighted by atomic mass is 32.2. The monoisotopic (exact) mass is 297 g/mol. The lowest BCUT2D eigenvalue weighted by Crippen LogP contribution is -2.00. The molecule has 0 unspecified atom stereocenters. The Balaban J connectivity index is 2.17. The molecule has 6 heteroatoms. The fraction of sp³-hybridized carbons (Fsp3) is 0.200. The van der Waals surface area contributed by atoms with E-state index in [0.29, 0.717) is 0 Å². The Kier molecular flexibility index (Phi) is 3.96. The Labute approximate surface area is 127 Å². The van der Waals surface area contributed by atoms with Gasteiger partial charge in [-0.2, -0.15) is 5.10 Å². The second-order valence-corrected chi connectivity index (χ2v) is 5.17. The summed E-state index contributed by atoms with van der Waals surface area (Å²) >= 11 is 1.53. The maximum absolute atomic E-state index is 4.57. The predicted octanol–water partition coefficient (Wildman–Crippen LogP) is 3.14. The van der Waals surface area contributed by atoms with E-state index < -0.39 is 0 Å². The van der Waals surface area contributed by atoms with Crippen LogP contribution in [0.15, 0.2) is 48.1 Å². The summed E-state index contributed by atoms with van der Waals surface area (Å²) in [6.45, 7) is 2.87. The quantitative estimate of drug-likeness (QED) is 0.547. The van der Waals surface area contributed by atoms with Crippen LogP contribution in [0.3, 0.4) is 0 Å².